The number of halogens is 1. The predicted octanol–water partition coefficient (Wildman–Crippen LogP) is 3.14. The summed E-state index contributed by atoms with van der Waals surface area (Å²) in [7, 11) is 0. The highest BCUT2D eigenvalue weighted by molar-refractivity contribution is 8.26. The third-order valence-corrected chi connectivity index (χ3v) is 6.00. The van der Waals surface area contributed by atoms with Crippen molar-refractivity contribution in [1.29, 1.82) is 0 Å². The summed E-state index contributed by atoms with van der Waals surface area (Å²) in [6, 6.07) is 14.2. The van der Waals surface area contributed by atoms with Crippen LogP contribution in [-0.4, -0.2) is 44.8 Å². The number of amides is 2. The van der Waals surface area contributed by atoms with Gasteiger partial charge in [-0.15, -0.1) is 0 Å². The fourth-order valence-electron chi connectivity index (χ4n) is 3.05. The molecule has 3 rings (SSSR count). The van der Waals surface area contributed by atoms with Gasteiger partial charge in [-0.1, -0.05) is 72.5 Å². The summed E-state index contributed by atoms with van der Waals surface area (Å²) in [5.41, 5.74) is 1.25. The molecule has 1 fully saturated rings. The predicted molar refractivity (Wildman–Crippen MR) is 120 cm³/mol. The average Bonchev–Trinajstić information content (AvgIpc) is 3.02. The van der Waals surface area contributed by atoms with Crippen molar-refractivity contribution in [1.82, 2.24) is 10.2 Å². The van der Waals surface area contributed by atoms with E-state index in [1.54, 1.807) is 25.1 Å². The van der Waals surface area contributed by atoms with Crippen LogP contribution in [0.4, 0.5) is 4.39 Å². The summed E-state index contributed by atoms with van der Waals surface area (Å²) in [5.74, 6) is -1.31. The van der Waals surface area contributed by atoms with E-state index in [1.165, 1.54) is 17.0 Å². The molecule has 2 aromatic carbocycles. The molecule has 2 atom stereocenters. The normalized spacial score (nSPS) is 17.3. The number of carbonyl (C=O) groups is 2. The molecule has 1 saturated heterocycles. The summed E-state index contributed by atoms with van der Waals surface area (Å²) in [6.07, 6.45) is 1.90. The monoisotopic (exact) mass is 444 g/mol. The van der Waals surface area contributed by atoms with Crippen LogP contribution in [0, 0.1) is 5.82 Å². The summed E-state index contributed by atoms with van der Waals surface area (Å²) < 4.78 is 14.1. The Morgan fingerprint density at radius 3 is 2.57 bits per heavy atom. The van der Waals surface area contributed by atoms with Crippen molar-refractivity contribution in [2.45, 2.75) is 25.4 Å². The van der Waals surface area contributed by atoms with Crippen LogP contribution in [-0.2, 0) is 16.0 Å². The Morgan fingerprint density at radius 2 is 1.90 bits per heavy atom. The first-order chi connectivity index (χ1) is 14.4. The molecule has 1 aliphatic heterocycles. The van der Waals surface area contributed by atoms with Gasteiger partial charge >= 0.3 is 0 Å². The van der Waals surface area contributed by atoms with Gasteiger partial charge in [0.05, 0.1) is 17.6 Å². The molecule has 2 aromatic rings. The highest BCUT2D eigenvalue weighted by Gasteiger charge is 2.38. The van der Waals surface area contributed by atoms with E-state index >= 15 is 0 Å². The lowest BCUT2D eigenvalue weighted by molar-refractivity contribution is -0.132. The lowest BCUT2D eigenvalue weighted by Crippen LogP contribution is -2.51. The van der Waals surface area contributed by atoms with Crippen LogP contribution >= 0.6 is 24.0 Å². The first-order valence-electron chi connectivity index (χ1n) is 9.37. The van der Waals surface area contributed by atoms with E-state index in [1.807, 2.05) is 30.3 Å². The van der Waals surface area contributed by atoms with Gasteiger partial charge in [-0.25, -0.2) is 4.39 Å². The van der Waals surface area contributed by atoms with Crippen LogP contribution in [0.2, 0.25) is 0 Å². The highest BCUT2D eigenvalue weighted by atomic mass is 32.2. The SMILES string of the molecule is CC(C(=O)NC(CO)Cc1ccccc1)N1C(=O)/C(=C/c2ccccc2F)SC1=S. The zero-order valence-corrected chi connectivity index (χ0v) is 17.9. The van der Waals surface area contributed by atoms with Gasteiger partial charge in [0.15, 0.2) is 0 Å². The summed E-state index contributed by atoms with van der Waals surface area (Å²) in [5, 5.41) is 12.4. The van der Waals surface area contributed by atoms with Crippen molar-refractivity contribution in [3.8, 4) is 0 Å². The van der Waals surface area contributed by atoms with E-state index in [9.17, 15) is 19.1 Å². The van der Waals surface area contributed by atoms with Crippen LogP contribution in [0.15, 0.2) is 59.5 Å². The summed E-state index contributed by atoms with van der Waals surface area (Å²) >= 11 is 6.32. The molecule has 0 aliphatic carbocycles. The lowest BCUT2D eigenvalue weighted by atomic mass is 10.1. The van der Waals surface area contributed by atoms with Gasteiger partial charge in [0.1, 0.15) is 16.2 Å². The quantitative estimate of drug-likeness (QED) is 0.507. The average molecular weight is 445 g/mol. The first kappa shape index (κ1) is 22.1. The van der Waals surface area contributed by atoms with Crippen molar-refractivity contribution >= 4 is 46.2 Å². The smallest absolute Gasteiger partial charge is 0.266 e. The number of nitrogens with one attached hydrogen (secondary N) is 1. The molecular weight excluding hydrogens is 423 g/mol. The van der Waals surface area contributed by atoms with Gasteiger partial charge in [0, 0.05) is 5.56 Å². The minimum Gasteiger partial charge on any atom is -0.394 e. The van der Waals surface area contributed by atoms with Crippen LogP contribution in [0.25, 0.3) is 6.08 Å². The fraction of sp³-hybridized carbons (Fsp3) is 0.227. The Morgan fingerprint density at radius 1 is 1.23 bits per heavy atom. The van der Waals surface area contributed by atoms with E-state index in [-0.39, 0.29) is 21.4 Å². The Kier molecular flexibility index (Phi) is 7.36. The maximum atomic E-state index is 13.9. The molecule has 30 heavy (non-hydrogen) atoms. The molecular formula is C22H21FN2O3S2. The first-order valence-corrected chi connectivity index (χ1v) is 10.6. The molecule has 1 aliphatic rings. The second-order valence-electron chi connectivity index (χ2n) is 6.83. The third-order valence-electron chi connectivity index (χ3n) is 4.67. The molecule has 1 heterocycles. The highest BCUT2D eigenvalue weighted by Crippen LogP contribution is 2.34. The molecule has 0 saturated carbocycles. The van der Waals surface area contributed by atoms with Crippen molar-refractivity contribution in [3.05, 3.63) is 76.4 Å². The number of thioether (sulfide) groups is 1. The number of rotatable bonds is 7. The number of hydrogen-bond acceptors (Lipinski definition) is 5. The third kappa shape index (κ3) is 5.13. The number of thiocarbonyl (C=S) groups is 1. The molecule has 156 valence electrons. The molecule has 8 heteroatoms. The fourth-order valence-corrected chi connectivity index (χ4v) is 4.46. The zero-order valence-electron chi connectivity index (χ0n) is 16.2. The number of carbonyl (C=O) groups excluding carboxylic acids is 2. The van der Waals surface area contributed by atoms with Crippen molar-refractivity contribution in [2.24, 2.45) is 0 Å². The van der Waals surface area contributed by atoms with Crippen molar-refractivity contribution < 1.29 is 19.1 Å². The van der Waals surface area contributed by atoms with E-state index < -0.39 is 29.7 Å². The topological polar surface area (TPSA) is 69.6 Å². The largest absolute Gasteiger partial charge is 0.394 e. The number of nitrogens with zero attached hydrogens (tertiary/aromatic N) is 1. The maximum absolute atomic E-state index is 13.9. The Bertz CT molecular complexity index is 981. The van der Waals surface area contributed by atoms with Crippen LogP contribution in [0.1, 0.15) is 18.1 Å². The van der Waals surface area contributed by atoms with Crippen molar-refractivity contribution in [2.75, 3.05) is 6.61 Å². The van der Waals surface area contributed by atoms with Gasteiger partial charge < -0.3 is 10.4 Å². The molecule has 2 N–H and O–H groups in total. The molecule has 2 amide bonds. The van der Waals surface area contributed by atoms with Gasteiger partial charge in [-0.05, 0) is 31.1 Å². The standard InChI is InChI=1S/C22H21FN2O3S2/c1-14(20(27)24-17(13-26)11-15-7-3-2-4-8-15)25-21(28)19(30-22(25)29)12-16-9-5-6-10-18(16)23/h2-10,12,14,17,26H,11,13H2,1H3,(H,24,27)/b19-12-. The van der Waals surface area contributed by atoms with Gasteiger partial charge in [0.2, 0.25) is 5.91 Å². The van der Waals surface area contributed by atoms with E-state index in [0.29, 0.717) is 6.42 Å². The van der Waals surface area contributed by atoms with Crippen molar-refractivity contribution in [3.63, 3.8) is 0 Å². The summed E-state index contributed by atoms with van der Waals surface area (Å²) in [6.45, 7) is 1.34. The van der Waals surface area contributed by atoms with Gasteiger partial charge in [0.25, 0.3) is 5.91 Å². The lowest BCUT2D eigenvalue weighted by Gasteiger charge is -2.25. The van der Waals surface area contributed by atoms with Gasteiger partial charge in [-0.3, -0.25) is 14.5 Å². The second-order valence-corrected chi connectivity index (χ2v) is 8.50. The molecule has 0 aromatic heterocycles. The zero-order chi connectivity index (χ0) is 21.7. The van der Waals surface area contributed by atoms with Crippen LogP contribution < -0.4 is 5.32 Å². The van der Waals surface area contributed by atoms with E-state index in [4.69, 9.17) is 12.2 Å². The van der Waals surface area contributed by atoms with Crippen LogP contribution in [0.3, 0.4) is 0 Å². The number of aliphatic hydroxyl groups is 1. The van der Waals surface area contributed by atoms with Gasteiger partial charge in [-0.2, -0.15) is 0 Å². The number of aliphatic hydroxyl groups excluding tert-OH is 1. The molecule has 0 radical (unpaired) electrons. The molecule has 2 unspecified atom stereocenters. The molecule has 0 bridgehead atoms. The minimum atomic E-state index is -0.867. The van der Waals surface area contributed by atoms with E-state index in [2.05, 4.69) is 5.32 Å². The van der Waals surface area contributed by atoms with Crippen LogP contribution in [0.5, 0.6) is 0 Å². The minimum absolute atomic E-state index is 0.230. The Labute approximate surface area is 184 Å². The Balaban J connectivity index is 1.70. The Hall–Kier alpha value is -2.55. The summed E-state index contributed by atoms with van der Waals surface area (Å²) in [4.78, 5) is 27.0. The number of benzene rings is 2. The maximum Gasteiger partial charge on any atom is 0.266 e. The molecule has 0 spiro atoms. The second kappa shape index (κ2) is 9.97. The molecule has 5 nitrogen and oxygen atoms in total. The van der Waals surface area contributed by atoms with E-state index in [0.717, 1.165) is 17.3 Å². The number of hydrogen-bond donors (Lipinski definition) is 2.